The van der Waals surface area contributed by atoms with Gasteiger partial charge in [0.05, 0.1) is 6.61 Å². The minimum Gasteiger partial charge on any atom is -0.399 e. The number of anilines is 2. The second kappa shape index (κ2) is 5.18. The van der Waals surface area contributed by atoms with E-state index in [2.05, 4.69) is 22.3 Å². The van der Waals surface area contributed by atoms with E-state index in [0.29, 0.717) is 6.04 Å². The molecule has 1 aromatic carbocycles. The van der Waals surface area contributed by atoms with Crippen molar-refractivity contribution < 1.29 is 4.74 Å². The summed E-state index contributed by atoms with van der Waals surface area (Å²) in [5.41, 5.74) is 7.73. The Balaban J connectivity index is 2.01. The first-order valence-corrected chi connectivity index (χ1v) is 5.62. The molecule has 0 aliphatic carbocycles. The molecular weight excluding hydrogens is 202 g/mol. The number of rotatable bonds is 3. The maximum atomic E-state index is 5.68. The third kappa shape index (κ3) is 2.65. The number of ether oxygens (including phenoxy) is 1. The standard InChI is InChI=1S/C12H19N3O/c1-16-9-11-8-15(7-6-14-11)12-4-2-10(13)3-5-12/h2-5,11,14H,6-9,13H2,1H3. The third-order valence-electron chi connectivity index (χ3n) is 2.88. The molecule has 0 aromatic heterocycles. The van der Waals surface area contributed by atoms with Crippen molar-refractivity contribution in [3.63, 3.8) is 0 Å². The maximum absolute atomic E-state index is 5.68. The van der Waals surface area contributed by atoms with E-state index in [1.807, 2.05) is 12.1 Å². The quantitative estimate of drug-likeness (QED) is 0.737. The Hall–Kier alpha value is -1.26. The van der Waals surface area contributed by atoms with Crippen LogP contribution in [0.1, 0.15) is 0 Å². The fourth-order valence-corrected chi connectivity index (χ4v) is 2.06. The highest BCUT2D eigenvalue weighted by Gasteiger charge is 2.18. The highest BCUT2D eigenvalue weighted by Crippen LogP contribution is 2.17. The van der Waals surface area contributed by atoms with Gasteiger partial charge in [0.15, 0.2) is 0 Å². The van der Waals surface area contributed by atoms with Gasteiger partial charge in [-0.05, 0) is 24.3 Å². The zero-order chi connectivity index (χ0) is 11.4. The molecule has 3 N–H and O–H groups in total. The van der Waals surface area contributed by atoms with Crippen molar-refractivity contribution >= 4 is 11.4 Å². The van der Waals surface area contributed by atoms with Gasteiger partial charge in [-0.15, -0.1) is 0 Å². The summed E-state index contributed by atoms with van der Waals surface area (Å²) in [6, 6.07) is 8.46. The summed E-state index contributed by atoms with van der Waals surface area (Å²) in [7, 11) is 1.74. The van der Waals surface area contributed by atoms with Crippen molar-refractivity contribution in [2.45, 2.75) is 6.04 Å². The highest BCUT2D eigenvalue weighted by atomic mass is 16.5. The Labute approximate surface area is 96.4 Å². The molecule has 0 bridgehead atoms. The molecule has 1 heterocycles. The molecule has 0 saturated carbocycles. The molecule has 1 saturated heterocycles. The van der Waals surface area contributed by atoms with Gasteiger partial charge < -0.3 is 20.7 Å². The summed E-state index contributed by atoms with van der Waals surface area (Å²) in [4.78, 5) is 2.36. The van der Waals surface area contributed by atoms with Crippen molar-refractivity contribution in [3.05, 3.63) is 24.3 Å². The van der Waals surface area contributed by atoms with E-state index < -0.39 is 0 Å². The van der Waals surface area contributed by atoms with Gasteiger partial charge in [0.2, 0.25) is 0 Å². The SMILES string of the molecule is COCC1CN(c2ccc(N)cc2)CCN1. The smallest absolute Gasteiger partial charge is 0.0633 e. The molecule has 1 aliphatic heterocycles. The zero-order valence-corrected chi connectivity index (χ0v) is 9.65. The fourth-order valence-electron chi connectivity index (χ4n) is 2.06. The molecule has 88 valence electrons. The lowest BCUT2D eigenvalue weighted by Gasteiger charge is -2.35. The fraction of sp³-hybridized carbons (Fsp3) is 0.500. The van der Waals surface area contributed by atoms with Crippen molar-refractivity contribution in [1.29, 1.82) is 0 Å². The zero-order valence-electron chi connectivity index (χ0n) is 9.65. The first-order chi connectivity index (χ1) is 7.79. The minimum absolute atomic E-state index is 0.413. The summed E-state index contributed by atoms with van der Waals surface area (Å²) in [5, 5.41) is 3.44. The van der Waals surface area contributed by atoms with Gasteiger partial charge in [0.25, 0.3) is 0 Å². The molecule has 1 unspecified atom stereocenters. The number of nitrogen functional groups attached to an aromatic ring is 1. The van der Waals surface area contributed by atoms with Gasteiger partial charge in [-0.25, -0.2) is 0 Å². The van der Waals surface area contributed by atoms with Crippen molar-refractivity contribution in [2.75, 3.05) is 44.0 Å². The predicted octanol–water partition coefficient (Wildman–Crippen LogP) is 0.693. The second-order valence-electron chi connectivity index (χ2n) is 4.14. The molecule has 1 aliphatic rings. The van der Waals surface area contributed by atoms with Gasteiger partial charge >= 0.3 is 0 Å². The van der Waals surface area contributed by atoms with Crippen LogP contribution in [-0.2, 0) is 4.74 Å². The van der Waals surface area contributed by atoms with E-state index in [9.17, 15) is 0 Å². The number of methoxy groups -OCH3 is 1. The Morgan fingerprint density at radius 1 is 1.44 bits per heavy atom. The monoisotopic (exact) mass is 221 g/mol. The first-order valence-electron chi connectivity index (χ1n) is 5.62. The average molecular weight is 221 g/mol. The average Bonchev–Trinajstić information content (AvgIpc) is 2.31. The molecule has 0 spiro atoms. The lowest BCUT2D eigenvalue weighted by atomic mass is 10.2. The number of nitrogens with one attached hydrogen (secondary N) is 1. The molecule has 4 heteroatoms. The molecule has 0 radical (unpaired) electrons. The summed E-state index contributed by atoms with van der Waals surface area (Å²) in [6.45, 7) is 3.77. The van der Waals surface area contributed by atoms with Crippen LogP contribution >= 0.6 is 0 Å². The van der Waals surface area contributed by atoms with E-state index >= 15 is 0 Å². The largest absolute Gasteiger partial charge is 0.399 e. The lowest BCUT2D eigenvalue weighted by Crippen LogP contribution is -2.52. The van der Waals surface area contributed by atoms with Crippen LogP contribution in [0.15, 0.2) is 24.3 Å². The van der Waals surface area contributed by atoms with Crippen molar-refractivity contribution in [3.8, 4) is 0 Å². The van der Waals surface area contributed by atoms with Crippen LogP contribution < -0.4 is 16.0 Å². The Morgan fingerprint density at radius 3 is 2.88 bits per heavy atom. The molecular formula is C12H19N3O. The number of nitrogens with zero attached hydrogens (tertiary/aromatic N) is 1. The molecule has 1 aromatic rings. The Bertz CT molecular complexity index is 324. The molecule has 2 rings (SSSR count). The Kier molecular flexibility index (Phi) is 3.64. The first kappa shape index (κ1) is 11.2. The molecule has 16 heavy (non-hydrogen) atoms. The van der Waals surface area contributed by atoms with Gasteiger partial charge in [-0.1, -0.05) is 0 Å². The van der Waals surface area contributed by atoms with Gasteiger partial charge in [-0.3, -0.25) is 0 Å². The predicted molar refractivity (Wildman–Crippen MR) is 66.7 cm³/mol. The summed E-state index contributed by atoms with van der Waals surface area (Å²) in [5.74, 6) is 0. The molecule has 0 amide bonds. The van der Waals surface area contributed by atoms with Crippen LogP contribution in [0.4, 0.5) is 11.4 Å². The van der Waals surface area contributed by atoms with Crippen LogP contribution in [0.5, 0.6) is 0 Å². The lowest BCUT2D eigenvalue weighted by molar-refractivity contribution is 0.163. The van der Waals surface area contributed by atoms with Gasteiger partial charge in [0, 0.05) is 44.2 Å². The summed E-state index contributed by atoms with van der Waals surface area (Å²) in [6.07, 6.45) is 0. The van der Waals surface area contributed by atoms with Gasteiger partial charge in [0.1, 0.15) is 0 Å². The second-order valence-corrected chi connectivity index (χ2v) is 4.14. The van der Waals surface area contributed by atoms with Crippen LogP contribution in [0.25, 0.3) is 0 Å². The van der Waals surface area contributed by atoms with Crippen LogP contribution in [0, 0.1) is 0 Å². The van der Waals surface area contributed by atoms with E-state index in [4.69, 9.17) is 10.5 Å². The van der Waals surface area contributed by atoms with Gasteiger partial charge in [-0.2, -0.15) is 0 Å². The number of benzene rings is 1. The molecule has 1 fully saturated rings. The third-order valence-corrected chi connectivity index (χ3v) is 2.88. The maximum Gasteiger partial charge on any atom is 0.0633 e. The number of hydrogen-bond donors (Lipinski definition) is 2. The van der Waals surface area contributed by atoms with Crippen LogP contribution in [-0.4, -0.2) is 39.4 Å². The summed E-state index contributed by atoms with van der Waals surface area (Å²) < 4.78 is 5.18. The summed E-state index contributed by atoms with van der Waals surface area (Å²) >= 11 is 0. The minimum atomic E-state index is 0.413. The van der Waals surface area contributed by atoms with E-state index in [1.54, 1.807) is 7.11 Å². The van der Waals surface area contributed by atoms with E-state index in [0.717, 1.165) is 31.9 Å². The van der Waals surface area contributed by atoms with Crippen molar-refractivity contribution in [1.82, 2.24) is 5.32 Å². The molecule has 1 atom stereocenters. The highest BCUT2D eigenvalue weighted by molar-refractivity contribution is 5.53. The van der Waals surface area contributed by atoms with Crippen LogP contribution in [0.3, 0.4) is 0 Å². The molecule has 4 nitrogen and oxygen atoms in total. The number of piperazine rings is 1. The van der Waals surface area contributed by atoms with E-state index in [-0.39, 0.29) is 0 Å². The van der Waals surface area contributed by atoms with E-state index in [1.165, 1.54) is 5.69 Å². The number of nitrogens with two attached hydrogens (primary N) is 1. The van der Waals surface area contributed by atoms with Crippen molar-refractivity contribution in [2.24, 2.45) is 0 Å². The Morgan fingerprint density at radius 2 is 2.19 bits per heavy atom. The number of hydrogen-bond acceptors (Lipinski definition) is 4. The van der Waals surface area contributed by atoms with Crippen LogP contribution in [0.2, 0.25) is 0 Å². The normalized spacial score (nSPS) is 21.1. The topological polar surface area (TPSA) is 50.5 Å².